The lowest BCUT2D eigenvalue weighted by Gasteiger charge is -2.16. The van der Waals surface area contributed by atoms with Crippen LogP contribution >= 0.6 is 0 Å². The van der Waals surface area contributed by atoms with Crippen LogP contribution in [-0.4, -0.2) is 30.2 Å². The zero-order valence-corrected chi connectivity index (χ0v) is 14.7. The number of carbonyl (C=O) groups excluding carboxylic acids is 2. The molecule has 26 heavy (non-hydrogen) atoms. The summed E-state index contributed by atoms with van der Waals surface area (Å²) in [5.74, 6) is -0.907. The topological polar surface area (TPSA) is 98.8 Å². The van der Waals surface area contributed by atoms with E-state index in [-0.39, 0.29) is 24.6 Å². The van der Waals surface area contributed by atoms with E-state index in [1.165, 1.54) is 0 Å². The minimum absolute atomic E-state index is 0.0723. The predicted octanol–water partition coefficient (Wildman–Crippen LogP) is 2.13. The van der Waals surface area contributed by atoms with Crippen LogP contribution in [-0.2, 0) is 20.7 Å². The highest BCUT2D eigenvalue weighted by molar-refractivity contribution is 5.81. The minimum Gasteiger partial charge on any atom is -0.493 e. The summed E-state index contributed by atoms with van der Waals surface area (Å²) in [4.78, 5) is 22.8. The molecule has 0 saturated carbocycles. The van der Waals surface area contributed by atoms with E-state index in [0.29, 0.717) is 18.8 Å². The molecule has 0 heterocycles. The first-order valence-electron chi connectivity index (χ1n) is 8.43. The Hall–Kier alpha value is -2.86. The number of hydrogen-bond acceptors (Lipinski definition) is 5. The van der Waals surface area contributed by atoms with Crippen molar-refractivity contribution < 1.29 is 24.2 Å². The van der Waals surface area contributed by atoms with Crippen LogP contribution in [0.5, 0.6) is 5.75 Å². The Morgan fingerprint density at radius 3 is 2.50 bits per heavy atom. The van der Waals surface area contributed by atoms with Gasteiger partial charge in [-0.1, -0.05) is 42.5 Å². The fourth-order valence-corrected chi connectivity index (χ4v) is 2.50. The van der Waals surface area contributed by atoms with Crippen LogP contribution in [0.1, 0.15) is 36.1 Å². The Labute approximate surface area is 152 Å². The molecule has 0 aliphatic heterocycles. The highest BCUT2D eigenvalue weighted by Gasteiger charge is 2.19. The number of rotatable bonds is 9. The molecule has 2 aromatic carbocycles. The summed E-state index contributed by atoms with van der Waals surface area (Å²) in [5, 5.41) is 10.0. The summed E-state index contributed by atoms with van der Waals surface area (Å²) >= 11 is 0. The zero-order valence-electron chi connectivity index (χ0n) is 14.7. The number of aliphatic hydroxyl groups is 1. The van der Waals surface area contributed by atoms with E-state index in [0.717, 1.165) is 11.1 Å². The normalized spacial score (nSPS) is 11.6. The van der Waals surface area contributed by atoms with Crippen molar-refractivity contribution in [1.82, 2.24) is 0 Å². The molecule has 0 aromatic heterocycles. The van der Waals surface area contributed by atoms with Crippen molar-refractivity contribution in [3.63, 3.8) is 0 Å². The van der Waals surface area contributed by atoms with Gasteiger partial charge >= 0.3 is 5.97 Å². The number of aliphatic hydroxyl groups excluding tert-OH is 1. The fraction of sp³-hybridized carbons (Fsp3) is 0.300. The Morgan fingerprint density at radius 1 is 1.12 bits per heavy atom. The smallest absolute Gasteiger partial charge is 0.309 e. The van der Waals surface area contributed by atoms with Crippen molar-refractivity contribution in [3.8, 4) is 5.75 Å². The number of hydrogen-bond donors (Lipinski definition) is 2. The molecule has 2 rings (SSSR count). The summed E-state index contributed by atoms with van der Waals surface area (Å²) in [5.41, 5.74) is 7.54. The van der Waals surface area contributed by atoms with E-state index in [1.807, 2.05) is 36.4 Å². The van der Waals surface area contributed by atoms with Gasteiger partial charge in [0.15, 0.2) is 6.10 Å². The van der Waals surface area contributed by atoms with Crippen molar-refractivity contribution in [3.05, 3.63) is 65.2 Å². The van der Waals surface area contributed by atoms with Crippen LogP contribution in [0.3, 0.4) is 0 Å². The average Bonchev–Trinajstić information content (AvgIpc) is 2.62. The van der Waals surface area contributed by atoms with Crippen molar-refractivity contribution in [2.75, 3.05) is 13.2 Å². The minimum atomic E-state index is -1.47. The van der Waals surface area contributed by atoms with Gasteiger partial charge in [0, 0.05) is 5.56 Å². The van der Waals surface area contributed by atoms with Crippen molar-refractivity contribution in [2.45, 2.75) is 25.9 Å². The van der Waals surface area contributed by atoms with E-state index in [9.17, 15) is 14.7 Å². The van der Waals surface area contributed by atoms with Crippen molar-refractivity contribution in [1.29, 1.82) is 0 Å². The van der Waals surface area contributed by atoms with Gasteiger partial charge in [-0.2, -0.15) is 0 Å². The van der Waals surface area contributed by atoms with Crippen LogP contribution in [0.25, 0.3) is 0 Å². The van der Waals surface area contributed by atoms with Gasteiger partial charge in [-0.15, -0.1) is 0 Å². The highest BCUT2D eigenvalue weighted by atomic mass is 16.5. The third-order valence-electron chi connectivity index (χ3n) is 3.76. The maximum absolute atomic E-state index is 11.4. The van der Waals surface area contributed by atoms with Crippen molar-refractivity contribution in [2.24, 2.45) is 5.73 Å². The molecule has 138 valence electrons. The zero-order chi connectivity index (χ0) is 18.9. The van der Waals surface area contributed by atoms with E-state index >= 15 is 0 Å². The predicted molar refractivity (Wildman–Crippen MR) is 96.6 cm³/mol. The first-order valence-corrected chi connectivity index (χ1v) is 8.43. The van der Waals surface area contributed by atoms with Gasteiger partial charge in [-0.05, 0) is 30.5 Å². The van der Waals surface area contributed by atoms with E-state index in [1.54, 1.807) is 19.1 Å². The Bertz CT molecular complexity index is 745. The van der Waals surface area contributed by atoms with Gasteiger partial charge in [-0.3, -0.25) is 9.59 Å². The largest absolute Gasteiger partial charge is 0.493 e. The highest BCUT2D eigenvalue weighted by Crippen LogP contribution is 2.28. The molecule has 0 radical (unpaired) electrons. The fourth-order valence-electron chi connectivity index (χ4n) is 2.50. The summed E-state index contributed by atoms with van der Waals surface area (Å²) in [6, 6.07) is 15.1. The molecule has 0 fully saturated rings. The molecule has 6 nitrogen and oxygen atoms in total. The average molecular weight is 357 g/mol. The number of primary amides is 1. The first kappa shape index (κ1) is 19.5. The Kier molecular flexibility index (Phi) is 7.17. The molecule has 1 unspecified atom stereocenters. The molecule has 0 aliphatic rings. The number of nitrogens with two attached hydrogens (primary N) is 1. The molecule has 1 atom stereocenters. The maximum Gasteiger partial charge on any atom is 0.309 e. The monoisotopic (exact) mass is 357 g/mol. The van der Waals surface area contributed by atoms with Crippen LogP contribution in [0.4, 0.5) is 0 Å². The number of ether oxygens (including phenoxy) is 2. The molecule has 0 bridgehead atoms. The third kappa shape index (κ3) is 5.60. The Morgan fingerprint density at radius 2 is 1.85 bits per heavy atom. The second-order valence-corrected chi connectivity index (χ2v) is 5.74. The summed E-state index contributed by atoms with van der Waals surface area (Å²) < 4.78 is 10.5. The number of esters is 1. The van der Waals surface area contributed by atoms with Crippen LogP contribution in [0, 0.1) is 0 Å². The molecular weight excluding hydrogens is 334 g/mol. The molecule has 1 amide bonds. The quantitative estimate of drug-likeness (QED) is 0.670. The van der Waals surface area contributed by atoms with E-state index in [2.05, 4.69) is 0 Å². The summed E-state index contributed by atoms with van der Waals surface area (Å²) in [6.07, 6.45) is -0.733. The second kappa shape index (κ2) is 9.58. The van der Waals surface area contributed by atoms with E-state index < -0.39 is 12.0 Å². The number of carbonyl (C=O) groups is 2. The van der Waals surface area contributed by atoms with Gasteiger partial charge in [0.25, 0.3) is 5.91 Å². The third-order valence-corrected chi connectivity index (χ3v) is 3.76. The van der Waals surface area contributed by atoms with Gasteiger partial charge in [0.1, 0.15) is 5.75 Å². The second-order valence-electron chi connectivity index (χ2n) is 5.74. The van der Waals surface area contributed by atoms with Crippen LogP contribution in [0.2, 0.25) is 0 Å². The Balaban J connectivity index is 2.17. The van der Waals surface area contributed by atoms with Gasteiger partial charge in [0.05, 0.1) is 19.6 Å². The van der Waals surface area contributed by atoms with Crippen LogP contribution in [0.15, 0.2) is 48.5 Å². The number of amides is 1. The summed E-state index contributed by atoms with van der Waals surface area (Å²) in [6.45, 7) is 2.11. The molecule has 3 N–H and O–H groups in total. The van der Waals surface area contributed by atoms with Crippen LogP contribution < -0.4 is 10.5 Å². The lowest BCUT2D eigenvalue weighted by Crippen LogP contribution is -2.22. The standard InChI is InChI=1S/C20H23NO5/c1-2-25-18(22)10-11-26-17-13-15(12-14-6-4-3-5-7-14)8-9-16(17)19(23)20(21)24/h3-9,13,19,23H,2,10-12H2,1H3,(H2,21,24). The molecule has 6 heteroatoms. The number of benzene rings is 2. The summed E-state index contributed by atoms with van der Waals surface area (Å²) in [7, 11) is 0. The van der Waals surface area contributed by atoms with E-state index in [4.69, 9.17) is 15.2 Å². The molecular formula is C20H23NO5. The van der Waals surface area contributed by atoms with Gasteiger partial charge < -0.3 is 20.3 Å². The molecule has 0 spiro atoms. The maximum atomic E-state index is 11.4. The van der Waals surface area contributed by atoms with Crippen molar-refractivity contribution >= 4 is 11.9 Å². The van der Waals surface area contributed by atoms with Gasteiger partial charge in [-0.25, -0.2) is 0 Å². The molecule has 0 aliphatic carbocycles. The molecule has 2 aromatic rings. The first-order chi connectivity index (χ1) is 12.5. The SMILES string of the molecule is CCOC(=O)CCOc1cc(Cc2ccccc2)ccc1C(O)C(N)=O. The lowest BCUT2D eigenvalue weighted by molar-refractivity contribution is -0.143. The van der Waals surface area contributed by atoms with Gasteiger partial charge in [0.2, 0.25) is 0 Å². The molecule has 0 saturated heterocycles. The lowest BCUT2D eigenvalue weighted by atomic mass is 10.0.